The monoisotopic (exact) mass is 544 g/mol. The molecule has 182 valence electrons. The quantitative estimate of drug-likeness (QED) is 0.185. The summed E-state index contributed by atoms with van der Waals surface area (Å²) in [5.74, 6) is 0.468. The van der Waals surface area contributed by atoms with E-state index in [9.17, 15) is 0 Å². The predicted octanol–water partition coefficient (Wildman–Crippen LogP) is 8.82. The summed E-state index contributed by atoms with van der Waals surface area (Å²) < 4.78 is 3.34. The van der Waals surface area contributed by atoms with Crippen LogP contribution >= 0.6 is 0 Å². The van der Waals surface area contributed by atoms with Crippen LogP contribution in [-0.4, -0.2) is 4.21 Å². The first-order valence-corrected chi connectivity index (χ1v) is 13.9. The molecule has 2 aliphatic rings. The molecule has 0 saturated heterocycles. The van der Waals surface area contributed by atoms with Gasteiger partial charge in [0.25, 0.3) is 0 Å². The molecule has 1 heteroatoms. The number of hydrogen-bond donors (Lipinski definition) is 0. The first-order chi connectivity index (χ1) is 17.7. The molecule has 0 amide bonds. The largest absolute Gasteiger partial charge is 0.184 e. The van der Waals surface area contributed by atoms with Gasteiger partial charge in [0.1, 0.15) is 0 Å². The third kappa shape index (κ3) is 8.65. The van der Waals surface area contributed by atoms with Crippen LogP contribution < -0.4 is 0 Å². The second kappa shape index (κ2) is 16.7. The van der Waals surface area contributed by atoms with Crippen LogP contribution in [0.5, 0.6) is 0 Å². The first-order valence-electron chi connectivity index (χ1n) is 12.1. The van der Waals surface area contributed by atoms with Crippen LogP contribution in [-0.2, 0) is 30.7 Å². The molecule has 0 aromatic heterocycles. The van der Waals surface area contributed by atoms with E-state index in [1.54, 1.807) is 6.92 Å². The summed E-state index contributed by atoms with van der Waals surface area (Å²) in [7, 11) is 0. The van der Waals surface area contributed by atoms with Crippen molar-refractivity contribution >= 4 is 9.78 Å². The van der Waals surface area contributed by atoms with E-state index in [1.165, 1.54) is 63.2 Å². The van der Waals surface area contributed by atoms with E-state index in [1.807, 2.05) is 42.5 Å². The van der Waals surface area contributed by atoms with Crippen LogP contribution in [0.1, 0.15) is 37.5 Å². The van der Waals surface area contributed by atoms with Crippen LogP contribution in [0.25, 0.3) is 16.7 Å². The van der Waals surface area contributed by atoms with Crippen molar-refractivity contribution in [1.82, 2.24) is 0 Å². The van der Waals surface area contributed by atoms with Gasteiger partial charge in [0.05, 0.1) is 0 Å². The first kappa shape index (κ1) is 29.3. The number of allylic oxidation sites excluding steroid dienone is 4. The van der Waals surface area contributed by atoms with Crippen LogP contribution in [0.4, 0.5) is 0 Å². The normalized spacial score (nSPS) is 13.7. The second-order valence-electron chi connectivity index (χ2n) is 7.98. The molecule has 0 fully saturated rings. The third-order valence-corrected chi connectivity index (χ3v) is 5.57. The fraction of sp³-hybridized carbons (Fsp3) is 0.143. The molecule has 0 aliphatic heterocycles. The maximum atomic E-state index is 3.39. The molecule has 0 N–H and O–H groups in total. The molecule has 1 atom stereocenters. The smallest absolute Gasteiger partial charge is 0.0253 e. The summed E-state index contributed by atoms with van der Waals surface area (Å²) in [4.78, 5) is 0. The molecule has 0 bridgehead atoms. The van der Waals surface area contributed by atoms with Gasteiger partial charge < -0.3 is 6.92 Å². The molecule has 36 heavy (non-hydrogen) atoms. The Morgan fingerprint density at radius 3 is 1.97 bits per heavy atom. The van der Waals surface area contributed by atoms with Crippen LogP contribution in [0.3, 0.4) is 0 Å². The van der Waals surface area contributed by atoms with Crippen molar-refractivity contribution in [2.45, 2.75) is 27.2 Å². The van der Waals surface area contributed by atoms with Gasteiger partial charge in [-0.1, -0.05) is 85.5 Å². The fourth-order valence-corrected chi connectivity index (χ4v) is 4.11. The van der Waals surface area contributed by atoms with Crippen LogP contribution in [0.2, 0.25) is 0 Å². The van der Waals surface area contributed by atoms with Crippen molar-refractivity contribution in [2.24, 2.45) is 5.92 Å². The zero-order valence-corrected chi connectivity index (χ0v) is 24.0. The Labute approximate surface area is 233 Å². The fourth-order valence-electron chi connectivity index (χ4n) is 4.11. The minimum Gasteiger partial charge on any atom is -0.184 e. The summed E-state index contributed by atoms with van der Waals surface area (Å²) in [5, 5.41) is 0. The van der Waals surface area contributed by atoms with Gasteiger partial charge in [0.15, 0.2) is 0 Å². The zero-order valence-electron chi connectivity index (χ0n) is 21.6. The molecule has 1 unspecified atom stereocenters. The number of hydrogen-bond acceptors (Lipinski definition) is 0. The molecule has 0 spiro atoms. The molecule has 0 saturated carbocycles. The topological polar surface area (TPSA) is 0 Å². The Kier molecular flexibility index (Phi) is 13.6. The summed E-state index contributed by atoms with van der Waals surface area (Å²) >= 11 is 1.30. The molecule has 0 heterocycles. The molecule has 4 aromatic rings. The van der Waals surface area contributed by atoms with E-state index in [0.717, 1.165) is 6.42 Å². The SMILES string of the molecule is CC1=[C-]C(C)C=C1c1ccccc1.[CH2-]C.[CH2]=[Zr].[c-]1cccc2c1Cc1ccccc1-2.[c-]1ccccc1. The molecular formula is C35H34Zr-4. The Morgan fingerprint density at radius 2 is 1.39 bits per heavy atom. The van der Waals surface area contributed by atoms with Gasteiger partial charge in [0, 0.05) is 0 Å². The zero-order chi connectivity index (χ0) is 26.2. The Morgan fingerprint density at radius 1 is 0.778 bits per heavy atom. The minimum atomic E-state index is 0.468. The number of benzene rings is 4. The molecular weight excluding hydrogens is 512 g/mol. The van der Waals surface area contributed by atoms with Gasteiger partial charge in [-0.2, -0.15) is 84.8 Å². The van der Waals surface area contributed by atoms with Crippen LogP contribution in [0.15, 0.2) is 115 Å². The molecule has 0 nitrogen and oxygen atoms in total. The van der Waals surface area contributed by atoms with Gasteiger partial charge in [-0.25, -0.2) is 5.57 Å². The van der Waals surface area contributed by atoms with Gasteiger partial charge in [-0.3, -0.25) is 6.08 Å². The maximum Gasteiger partial charge on any atom is -0.0253 e. The Hall–Kier alpha value is -2.89. The van der Waals surface area contributed by atoms with Gasteiger partial charge in [0.2, 0.25) is 0 Å². The maximum absolute atomic E-state index is 3.39. The summed E-state index contributed by atoms with van der Waals surface area (Å²) in [6, 6.07) is 41.1. The van der Waals surface area contributed by atoms with Crippen molar-refractivity contribution in [3.63, 3.8) is 0 Å². The van der Waals surface area contributed by atoms with E-state index in [-0.39, 0.29) is 0 Å². The van der Waals surface area contributed by atoms with Crippen molar-refractivity contribution in [2.75, 3.05) is 0 Å². The minimum absolute atomic E-state index is 0.468. The van der Waals surface area contributed by atoms with Gasteiger partial charge in [-0.15, -0.1) is 11.1 Å². The summed E-state index contributed by atoms with van der Waals surface area (Å²) in [6.07, 6.45) is 6.71. The van der Waals surface area contributed by atoms with Gasteiger partial charge >= 0.3 is 28.4 Å². The molecule has 0 radical (unpaired) electrons. The summed E-state index contributed by atoms with van der Waals surface area (Å²) in [5.41, 5.74) is 9.43. The van der Waals surface area contributed by atoms with E-state index < -0.39 is 0 Å². The van der Waals surface area contributed by atoms with Crippen molar-refractivity contribution in [3.8, 4) is 11.1 Å². The van der Waals surface area contributed by atoms with E-state index in [2.05, 4.69) is 110 Å². The molecule has 2 aliphatic carbocycles. The Balaban J connectivity index is 0.000000187. The average molecular weight is 546 g/mol. The van der Waals surface area contributed by atoms with E-state index >= 15 is 0 Å². The van der Waals surface area contributed by atoms with Crippen molar-refractivity contribution in [3.05, 3.63) is 157 Å². The van der Waals surface area contributed by atoms with Crippen LogP contribution in [0, 0.1) is 31.1 Å². The van der Waals surface area contributed by atoms with Gasteiger partial charge in [-0.05, 0) is 6.42 Å². The molecule has 6 rings (SSSR count). The van der Waals surface area contributed by atoms with Crippen molar-refractivity contribution in [1.29, 1.82) is 0 Å². The molecule has 4 aromatic carbocycles. The average Bonchev–Trinajstić information content (AvgIpc) is 3.52. The summed E-state index contributed by atoms with van der Waals surface area (Å²) in [6.45, 7) is 9.29. The predicted molar refractivity (Wildman–Crippen MR) is 153 cm³/mol. The van der Waals surface area contributed by atoms with Crippen molar-refractivity contribution < 1.29 is 24.2 Å². The standard InChI is InChI=1S/C13H9.C13H13.C6H5.C2H5.CH2.Zr/c1-3-7-12-10(5-1)9-11-6-2-4-8-13(11)12;1-10-8-11(2)13(9-10)12-6-4-3-5-7-12;1-2-4-6-5-3-1;1-2;;/h1-5,7-8H,9H2;3-7,9-10H,1-2H3;1-5H;1H2,2H3;1H2;/q4*-1;;. The van der Waals surface area contributed by atoms with E-state index in [4.69, 9.17) is 0 Å². The van der Waals surface area contributed by atoms with E-state index in [0.29, 0.717) is 5.92 Å². The third-order valence-electron chi connectivity index (χ3n) is 5.57. The number of rotatable bonds is 1. The Bertz CT molecular complexity index is 1150. The number of fused-ring (bicyclic) bond motifs is 3. The second-order valence-corrected chi connectivity index (χ2v) is 7.98.